The van der Waals surface area contributed by atoms with Crippen LogP contribution in [0.2, 0.25) is 0 Å². The van der Waals surface area contributed by atoms with Crippen LogP contribution < -0.4 is 0 Å². The highest BCUT2D eigenvalue weighted by Crippen LogP contribution is 2.31. The first-order chi connectivity index (χ1) is 16.2. The van der Waals surface area contributed by atoms with E-state index in [4.69, 9.17) is 4.42 Å². The van der Waals surface area contributed by atoms with Gasteiger partial charge in [0.15, 0.2) is 16.7 Å². The maximum absolute atomic E-state index is 13.6. The molecule has 2 aromatic heterocycles. The van der Waals surface area contributed by atoms with E-state index in [1.165, 1.54) is 43.2 Å². The molecule has 0 radical (unpaired) electrons. The number of aromatic nitrogens is 4. The quantitative estimate of drug-likeness (QED) is 0.318. The van der Waals surface area contributed by atoms with Gasteiger partial charge in [0.2, 0.25) is 5.89 Å². The van der Waals surface area contributed by atoms with Gasteiger partial charge in [-0.1, -0.05) is 48.5 Å². The van der Waals surface area contributed by atoms with Crippen LogP contribution in [0.25, 0.3) is 17.0 Å². The first-order valence-electron chi connectivity index (χ1n) is 11.3. The zero-order valence-electron chi connectivity index (χ0n) is 18.5. The van der Waals surface area contributed by atoms with Crippen LogP contribution in [-0.2, 0) is 5.75 Å². The van der Waals surface area contributed by atoms with Crippen molar-refractivity contribution in [3.05, 3.63) is 78.3 Å². The normalized spacial score (nSPS) is 15.6. The number of likely N-dealkylation sites (tertiary alicyclic amines) is 1. The Bertz CT molecular complexity index is 1190. The molecule has 1 aliphatic heterocycles. The zero-order chi connectivity index (χ0) is 22.6. The van der Waals surface area contributed by atoms with Crippen molar-refractivity contribution in [2.24, 2.45) is 0 Å². The third kappa shape index (κ3) is 4.86. The molecule has 0 amide bonds. The molecule has 0 saturated carbocycles. The molecular formula is C25H26FN5OS. The maximum atomic E-state index is 13.6. The van der Waals surface area contributed by atoms with Crippen LogP contribution >= 0.6 is 11.8 Å². The number of thioether (sulfide) groups is 1. The van der Waals surface area contributed by atoms with E-state index in [1.54, 1.807) is 18.3 Å². The van der Waals surface area contributed by atoms with E-state index in [9.17, 15) is 4.39 Å². The van der Waals surface area contributed by atoms with E-state index < -0.39 is 0 Å². The van der Waals surface area contributed by atoms with Crippen LogP contribution in [0, 0.1) is 5.82 Å². The SMILES string of the molecule is C[C@@H](c1nnc(SCc2ncc(-c3ccccc3)o2)n1-c1ccc(F)cc1)N1CCCCC1. The Balaban J connectivity index is 1.40. The summed E-state index contributed by atoms with van der Waals surface area (Å²) < 4.78 is 21.6. The summed E-state index contributed by atoms with van der Waals surface area (Å²) in [6, 6.07) is 16.5. The van der Waals surface area contributed by atoms with Gasteiger partial charge < -0.3 is 4.42 Å². The van der Waals surface area contributed by atoms with Gasteiger partial charge in [-0.15, -0.1) is 10.2 Å². The Kier molecular flexibility index (Phi) is 6.55. The smallest absolute Gasteiger partial charge is 0.205 e. The van der Waals surface area contributed by atoms with Gasteiger partial charge in [0.1, 0.15) is 5.82 Å². The van der Waals surface area contributed by atoms with E-state index in [0.717, 1.165) is 41.1 Å². The molecule has 1 atom stereocenters. The van der Waals surface area contributed by atoms with Gasteiger partial charge in [-0.2, -0.15) is 0 Å². The van der Waals surface area contributed by atoms with Crippen molar-refractivity contribution in [1.29, 1.82) is 0 Å². The molecule has 2 aromatic carbocycles. The van der Waals surface area contributed by atoms with Gasteiger partial charge in [0.25, 0.3) is 0 Å². The highest BCUT2D eigenvalue weighted by Gasteiger charge is 2.25. The standard InChI is InChI=1S/C25H26FN5OS/c1-18(30-14-6-3-7-15-30)24-28-29-25(31(24)21-12-10-20(26)11-13-21)33-17-23-27-16-22(32-23)19-8-4-2-5-9-19/h2,4-5,8-13,16,18H,3,6-7,14-15,17H2,1H3/t18-/m0/s1. The summed E-state index contributed by atoms with van der Waals surface area (Å²) in [6.07, 6.45) is 5.42. The topological polar surface area (TPSA) is 60.0 Å². The lowest BCUT2D eigenvalue weighted by Crippen LogP contribution is -2.33. The van der Waals surface area contributed by atoms with Gasteiger partial charge in [-0.05, 0) is 57.1 Å². The Morgan fingerprint density at radius 3 is 2.52 bits per heavy atom. The van der Waals surface area contributed by atoms with Crippen LogP contribution in [0.4, 0.5) is 4.39 Å². The second-order valence-corrected chi connectivity index (χ2v) is 9.14. The molecule has 0 bridgehead atoms. The first-order valence-corrected chi connectivity index (χ1v) is 12.3. The lowest BCUT2D eigenvalue weighted by Gasteiger charge is -2.31. The van der Waals surface area contributed by atoms with E-state index in [-0.39, 0.29) is 11.9 Å². The molecule has 1 fully saturated rings. The number of halogens is 1. The minimum Gasteiger partial charge on any atom is -0.440 e. The summed E-state index contributed by atoms with van der Waals surface area (Å²) in [5.41, 5.74) is 1.84. The molecule has 1 aliphatic rings. The Morgan fingerprint density at radius 1 is 1.00 bits per heavy atom. The number of hydrogen-bond acceptors (Lipinski definition) is 6. The Hall–Kier alpha value is -2.97. The average molecular weight is 464 g/mol. The molecule has 0 spiro atoms. The lowest BCUT2D eigenvalue weighted by atomic mass is 10.1. The maximum Gasteiger partial charge on any atom is 0.205 e. The predicted molar refractivity (Wildman–Crippen MR) is 127 cm³/mol. The average Bonchev–Trinajstić information content (AvgIpc) is 3.51. The van der Waals surface area contributed by atoms with Crippen molar-refractivity contribution in [2.45, 2.75) is 43.1 Å². The predicted octanol–water partition coefficient (Wildman–Crippen LogP) is 5.90. The van der Waals surface area contributed by atoms with Crippen molar-refractivity contribution in [3.63, 3.8) is 0 Å². The fourth-order valence-corrected chi connectivity index (χ4v) is 5.00. The first kappa shape index (κ1) is 21.9. The fourth-order valence-electron chi connectivity index (χ4n) is 4.19. The van der Waals surface area contributed by atoms with Crippen molar-refractivity contribution >= 4 is 11.8 Å². The highest BCUT2D eigenvalue weighted by molar-refractivity contribution is 7.98. The van der Waals surface area contributed by atoms with Gasteiger partial charge >= 0.3 is 0 Å². The summed E-state index contributed by atoms with van der Waals surface area (Å²) >= 11 is 1.51. The lowest BCUT2D eigenvalue weighted by molar-refractivity contribution is 0.167. The Morgan fingerprint density at radius 2 is 1.76 bits per heavy atom. The molecule has 4 aromatic rings. The van der Waals surface area contributed by atoms with Crippen LogP contribution in [0.15, 0.2) is 70.4 Å². The van der Waals surface area contributed by atoms with Crippen LogP contribution in [0.1, 0.15) is 43.9 Å². The number of piperidine rings is 1. The molecule has 0 aliphatic carbocycles. The van der Waals surface area contributed by atoms with Crippen LogP contribution in [0.5, 0.6) is 0 Å². The summed E-state index contributed by atoms with van der Waals surface area (Å²) in [4.78, 5) is 6.88. The molecule has 3 heterocycles. The summed E-state index contributed by atoms with van der Waals surface area (Å²) in [5.74, 6) is 2.48. The molecule has 1 saturated heterocycles. The number of benzene rings is 2. The Labute approximate surface area is 196 Å². The molecule has 5 rings (SSSR count). The van der Waals surface area contributed by atoms with E-state index in [1.807, 2.05) is 34.9 Å². The molecule has 33 heavy (non-hydrogen) atoms. The number of nitrogens with zero attached hydrogens (tertiary/aromatic N) is 5. The minimum atomic E-state index is -0.264. The largest absolute Gasteiger partial charge is 0.440 e. The summed E-state index contributed by atoms with van der Waals surface area (Å²) in [6.45, 7) is 4.28. The summed E-state index contributed by atoms with van der Waals surface area (Å²) in [7, 11) is 0. The number of hydrogen-bond donors (Lipinski definition) is 0. The van der Waals surface area contributed by atoms with E-state index in [0.29, 0.717) is 11.6 Å². The van der Waals surface area contributed by atoms with Crippen molar-refractivity contribution in [1.82, 2.24) is 24.6 Å². The third-order valence-electron chi connectivity index (χ3n) is 5.99. The van der Waals surface area contributed by atoms with Crippen molar-refractivity contribution in [2.75, 3.05) is 13.1 Å². The molecule has 0 N–H and O–H groups in total. The van der Waals surface area contributed by atoms with E-state index >= 15 is 0 Å². The number of oxazole rings is 1. The summed E-state index contributed by atoms with van der Waals surface area (Å²) in [5, 5.41) is 9.79. The zero-order valence-corrected chi connectivity index (χ0v) is 19.3. The molecule has 0 unspecified atom stereocenters. The second-order valence-electron chi connectivity index (χ2n) is 8.20. The van der Waals surface area contributed by atoms with Gasteiger partial charge in [-0.25, -0.2) is 9.37 Å². The molecule has 8 heteroatoms. The van der Waals surface area contributed by atoms with Crippen molar-refractivity contribution < 1.29 is 8.81 Å². The second kappa shape index (κ2) is 9.89. The van der Waals surface area contributed by atoms with Gasteiger partial charge in [0.05, 0.1) is 18.0 Å². The molecule has 6 nitrogen and oxygen atoms in total. The van der Waals surface area contributed by atoms with Crippen molar-refractivity contribution in [3.8, 4) is 17.0 Å². The molecular weight excluding hydrogens is 437 g/mol. The fraction of sp³-hybridized carbons (Fsp3) is 0.320. The number of rotatable bonds is 7. The molecule has 170 valence electrons. The monoisotopic (exact) mass is 463 g/mol. The van der Waals surface area contributed by atoms with Crippen LogP contribution in [-0.4, -0.2) is 37.7 Å². The van der Waals surface area contributed by atoms with Crippen LogP contribution in [0.3, 0.4) is 0 Å². The van der Waals surface area contributed by atoms with Gasteiger partial charge in [0, 0.05) is 11.3 Å². The third-order valence-corrected chi connectivity index (χ3v) is 6.91. The van der Waals surface area contributed by atoms with Gasteiger partial charge in [-0.3, -0.25) is 9.47 Å². The minimum absolute atomic E-state index is 0.114. The highest BCUT2D eigenvalue weighted by atomic mass is 32.2. The van der Waals surface area contributed by atoms with E-state index in [2.05, 4.69) is 27.0 Å².